The van der Waals surface area contributed by atoms with Gasteiger partial charge in [0.2, 0.25) is 0 Å². The van der Waals surface area contributed by atoms with Crippen molar-refractivity contribution >= 4 is 11.3 Å². The fourth-order valence-electron chi connectivity index (χ4n) is 2.57. The Kier molecular flexibility index (Phi) is 3.99. The number of morpholine rings is 1. The molecule has 2 aliphatic rings. The number of thiophene rings is 1. The molecule has 1 aliphatic carbocycles. The minimum Gasteiger partial charge on any atom is -0.374 e. The average Bonchev–Trinajstić information content (AvgIpc) is 3.15. The monoisotopic (exact) mass is 266 g/mol. The SMILES string of the molecule is Cc1ccsc1CNC[C@H]1CN(C2CC2)CCO1. The number of hydrogen-bond donors (Lipinski definition) is 1. The first-order chi connectivity index (χ1) is 8.83. The minimum atomic E-state index is 0.375. The minimum absolute atomic E-state index is 0.375. The van der Waals surface area contributed by atoms with Crippen LogP contribution in [0.4, 0.5) is 0 Å². The maximum absolute atomic E-state index is 5.84. The van der Waals surface area contributed by atoms with E-state index in [2.05, 4.69) is 28.6 Å². The fourth-order valence-corrected chi connectivity index (χ4v) is 3.44. The van der Waals surface area contributed by atoms with Gasteiger partial charge in [0.25, 0.3) is 0 Å². The summed E-state index contributed by atoms with van der Waals surface area (Å²) in [4.78, 5) is 4.05. The average molecular weight is 266 g/mol. The summed E-state index contributed by atoms with van der Waals surface area (Å²) in [5.74, 6) is 0. The maximum atomic E-state index is 5.84. The van der Waals surface area contributed by atoms with Crippen molar-refractivity contribution < 1.29 is 4.74 Å². The zero-order chi connectivity index (χ0) is 12.4. The van der Waals surface area contributed by atoms with E-state index in [1.165, 1.54) is 23.3 Å². The molecule has 2 fully saturated rings. The number of aryl methyl sites for hydroxylation is 1. The van der Waals surface area contributed by atoms with Crippen LogP contribution in [0, 0.1) is 6.92 Å². The van der Waals surface area contributed by atoms with Gasteiger partial charge >= 0.3 is 0 Å². The molecule has 1 aliphatic heterocycles. The van der Waals surface area contributed by atoms with Crippen molar-refractivity contribution in [2.24, 2.45) is 0 Å². The van der Waals surface area contributed by atoms with E-state index in [1.54, 1.807) is 0 Å². The van der Waals surface area contributed by atoms with E-state index < -0.39 is 0 Å². The van der Waals surface area contributed by atoms with Gasteiger partial charge in [-0.15, -0.1) is 11.3 Å². The molecule has 0 radical (unpaired) electrons. The van der Waals surface area contributed by atoms with E-state index in [-0.39, 0.29) is 0 Å². The van der Waals surface area contributed by atoms with E-state index in [1.807, 2.05) is 11.3 Å². The van der Waals surface area contributed by atoms with Gasteiger partial charge in [0, 0.05) is 37.1 Å². The lowest BCUT2D eigenvalue weighted by Crippen LogP contribution is -2.47. The van der Waals surface area contributed by atoms with Gasteiger partial charge in [-0.2, -0.15) is 0 Å². The lowest BCUT2D eigenvalue weighted by molar-refractivity contribution is -0.0301. The summed E-state index contributed by atoms with van der Waals surface area (Å²) in [6, 6.07) is 3.06. The second-order valence-corrected chi connectivity index (χ2v) is 6.38. The zero-order valence-electron chi connectivity index (χ0n) is 11.0. The molecule has 0 spiro atoms. The van der Waals surface area contributed by atoms with E-state index in [0.29, 0.717) is 6.10 Å². The maximum Gasteiger partial charge on any atom is 0.0826 e. The number of nitrogens with one attached hydrogen (secondary N) is 1. The molecule has 1 N–H and O–H groups in total. The van der Waals surface area contributed by atoms with E-state index in [0.717, 1.165) is 38.8 Å². The molecular weight excluding hydrogens is 244 g/mol. The molecule has 18 heavy (non-hydrogen) atoms. The summed E-state index contributed by atoms with van der Waals surface area (Å²) in [6.07, 6.45) is 3.17. The summed E-state index contributed by atoms with van der Waals surface area (Å²) in [5.41, 5.74) is 1.40. The van der Waals surface area contributed by atoms with Crippen LogP contribution in [-0.4, -0.2) is 43.3 Å². The van der Waals surface area contributed by atoms with Crippen LogP contribution in [0.15, 0.2) is 11.4 Å². The molecule has 0 unspecified atom stereocenters. The Morgan fingerprint density at radius 3 is 3.11 bits per heavy atom. The Balaban J connectivity index is 1.41. The molecule has 1 aromatic heterocycles. The van der Waals surface area contributed by atoms with Crippen molar-refractivity contribution in [2.75, 3.05) is 26.2 Å². The van der Waals surface area contributed by atoms with Gasteiger partial charge in [0.15, 0.2) is 0 Å². The third kappa shape index (κ3) is 3.12. The van der Waals surface area contributed by atoms with E-state index >= 15 is 0 Å². The lowest BCUT2D eigenvalue weighted by atomic mass is 10.2. The van der Waals surface area contributed by atoms with Crippen LogP contribution in [0.2, 0.25) is 0 Å². The molecule has 1 aromatic rings. The van der Waals surface area contributed by atoms with Gasteiger partial charge in [0.05, 0.1) is 12.7 Å². The highest BCUT2D eigenvalue weighted by Gasteiger charge is 2.32. The highest BCUT2D eigenvalue weighted by atomic mass is 32.1. The van der Waals surface area contributed by atoms with Crippen LogP contribution in [0.1, 0.15) is 23.3 Å². The third-order valence-electron chi connectivity index (χ3n) is 3.86. The second kappa shape index (κ2) is 5.70. The number of ether oxygens (including phenoxy) is 1. The van der Waals surface area contributed by atoms with Crippen molar-refractivity contribution in [1.29, 1.82) is 0 Å². The van der Waals surface area contributed by atoms with Crippen LogP contribution in [0.5, 0.6) is 0 Å². The summed E-state index contributed by atoms with van der Waals surface area (Å²) in [7, 11) is 0. The van der Waals surface area contributed by atoms with E-state index in [4.69, 9.17) is 4.74 Å². The van der Waals surface area contributed by atoms with Gasteiger partial charge in [0.1, 0.15) is 0 Å². The Morgan fingerprint density at radius 2 is 2.39 bits per heavy atom. The number of hydrogen-bond acceptors (Lipinski definition) is 4. The predicted octanol–water partition coefficient (Wildman–Crippen LogP) is 2.01. The Hall–Kier alpha value is -0.420. The standard InChI is InChI=1S/C14H22N2OS/c1-11-4-7-18-14(11)9-15-8-13-10-16(5-6-17-13)12-2-3-12/h4,7,12-13,15H,2-3,5-6,8-10H2,1H3/t13-/m0/s1. The predicted molar refractivity (Wildman–Crippen MR) is 75.1 cm³/mol. The Labute approximate surface area is 113 Å². The van der Waals surface area contributed by atoms with Gasteiger partial charge in [-0.3, -0.25) is 4.90 Å². The highest BCUT2D eigenvalue weighted by molar-refractivity contribution is 7.10. The topological polar surface area (TPSA) is 24.5 Å². The molecule has 0 bridgehead atoms. The van der Waals surface area contributed by atoms with Gasteiger partial charge < -0.3 is 10.1 Å². The Bertz CT molecular complexity index is 389. The molecule has 2 heterocycles. The van der Waals surface area contributed by atoms with Crippen molar-refractivity contribution in [3.63, 3.8) is 0 Å². The molecule has 100 valence electrons. The molecule has 1 atom stereocenters. The highest BCUT2D eigenvalue weighted by Crippen LogP contribution is 2.28. The zero-order valence-corrected chi connectivity index (χ0v) is 11.8. The van der Waals surface area contributed by atoms with Crippen molar-refractivity contribution in [2.45, 2.75) is 38.5 Å². The molecule has 1 saturated heterocycles. The molecule has 3 nitrogen and oxygen atoms in total. The number of rotatable bonds is 5. The van der Waals surface area contributed by atoms with Crippen molar-refractivity contribution in [1.82, 2.24) is 10.2 Å². The van der Waals surface area contributed by atoms with Crippen LogP contribution in [0.25, 0.3) is 0 Å². The lowest BCUT2D eigenvalue weighted by Gasteiger charge is -2.33. The summed E-state index contributed by atoms with van der Waals surface area (Å²) < 4.78 is 5.84. The quantitative estimate of drug-likeness (QED) is 0.882. The summed E-state index contributed by atoms with van der Waals surface area (Å²) in [5, 5.41) is 5.70. The molecule has 4 heteroatoms. The first kappa shape index (κ1) is 12.6. The third-order valence-corrected chi connectivity index (χ3v) is 4.88. The van der Waals surface area contributed by atoms with Crippen molar-refractivity contribution in [3.8, 4) is 0 Å². The second-order valence-electron chi connectivity index (χ2n) is 5.38. The van der Waals surface area contributed by atoms with Crippen LogP contribution in [0.3, 0.4) is 0 Å². The molecule has 0 amide bonds. The van der Waals surface area contributed by atoms with Gasteiger partial charge in [-0.25, -0.2) is 0 Å². The Morgan fingerprint density at radius 1 is 1.50 bits per heavy atom. The first-order valence-electron chi connectivity index (χ1n) is 6.92. The van der Waals surface area contributed by atoms with E-state index in [9.17, 15) is 0 Å². The fraction of sp³-hybridized carbons (Fsp3) is 0.714. The molecular formula is C14H22N2OS. The summed E-state index contributed by atoms with van der Waals surface area (Å²) >= 11 is 1.84. The summed E-state index contributed by atoms with van der Waals surface area (Å²) in [6.45, 7) is 7.28. The van der Waals surface area contributed by atoms with Crippen LogP contribution >= 0.6 is 11.3 Å². The smallest absolute Gasteiger partial charge is 0.0826 e. The van der Waals surface area contributed by atoms with Crippen LogP contribution in [-0.2, 0) is 11.3 Å². The van der Waals surface area contributed by atoms with Gasteiger partial charge in [-0.05, 0) is 36.8 Å². The largest absolute Gasteiger partial charge is 0.374 e. The number of nitrogens with zero attached hydrogens (tertiary/aromatic N) is 1. The molecule has 3 rings (SSSR count). The van der Waals surface area contributed by atoms with Gasteiger partial charge in [-0.1, -0.05) is 0 Å². The normalized spacial score (nSPS) is 25.5. The molecule has 1 saturated carbocycles. The molecule has 0 aromatic carbocycles. The van der Waals surface area contributed by atoms with Crippen molar-refractivity contribution in [3.05, 3.63) is 21.9 Å². The first-order valence-corrected chi connectivity index (χ1v) is 7.80. The van der Waals surface area contributed by atoms with Crippen LogP contribution < -0.4 is 5.32 Å².